The van der Waals surface area contributed by atoms with E-state index >= 15 is 0 Å². The Kier molecular flexibility index (Phi) is 6.71. The number of phenolic OH excluding ortho intramolecular Hbond substituents is 1. The molecule has 1 unspecified atom stereocenters. The monoisotopic (exact) mass is 265 g/mol. The molecule has 1 N–H and O–H groups in total. The molecule has 1 atom stereocenters. The topological polar surface area (TPSA) is 32.7 Å². The van der Waals surface area contributed by atoms with E-state index in [2.05, 4.69) is 25.7 Å². The fourth-order valence-corrected chi connectivity index (χ4v) is 2.10. The van der Waals surface area contributed by atoms with Gasteiger partial charge in [-0.05, 0) is 32.4 Å². The van der Waals surface area contributed by atoms with Gasteiger partial charge in [0.2, 0.25) is 0 Å². The van der Waals surface area contributed by atoms with Gasteiger partial charge in [-0.3, -0.25) is 4.90 Å². The van der Waals surface area contributed by atoms with Crippen LogP contribution in [0.25, 0.3) is 0 Å². The summed E-state index contributed by atoms with van der Waals surface area (Å²) in [6.45, 7) is 8.54. The van der Waals surface area contributed by atoms with E-state index in [1.807, 2.05) is 12.1 Å². The lowest BCUT2D eigenvalue weighted by Gasteiger charge is -2.28. The summed E-state index contributed by atoms with van der Waals surface area (Å²) in [5, 5.41) is 10.0. The van der Waals surface area contributed by atoms with Gasteiger partial charge < -0.3 is 9.84 Å². The van der Waals surface area contributed by atoms with Gasteiger partial charge in [0, 0.05) is 24.2 Å². The van der Waals surface area contributed by atoms with E-state index < -0.39 is 0 Å². The summed E-state index contributed by atoms with van der Waals surface area (Å²) in [6.07, 6.45) is 3.52. The van der Waals surface area contributed by atoms with Crippen molar-refractivity contribution in [2.45, 2.75) is 52.6 Å². The average molecular weight is 265 g/mol. The molecule has 0 aliphatic heterocycles. The summed E-state index contributed by atoms with van der Waals surface area (Å²) in [5.41, 5.74) is 0.970. The minimum absolute atomic E-state index is 0.323. The second-order valence-electron chi connectivity index (χ2n) is 5.08. The highest BCUT2D eigenvalue weighted by Gasteiger charge is 2.14. The fraction of sp³-hybridized carbons (Fsp3) is 0.625. The third-order valence-corrected chi connectivity index (χ3v) is 3.68. The van der Waals surface area contributed by atoms with E-state index in [0.717, 1.165) is 25.1 Å². The first-order chi connectivity index (χ1) is 9.12. The number of hydrogen-bond donors (Lipinski definition) is 1. The van der Waals surface area contributed by atoms with Crippen molar-refractivity contribution in [3.8, 4) is 11.5 Å². The quantitative estimate of drug-likeness (QED) is 0.776. The smallest absolute Gasteiger partial charge is 0.123 e. The number of phenols is 1. The van der Waals surface area contributed by atoms with E-state index in [4.69, 9.17) is 4.74 Å². The van der Waals surface area contributed by atoms with Gasteiger partial charge in [-0.25, -0.2) is 0 Å². The van der Waals surface area contributed by atoms with Crippen LogP contribution in [0, 0.1) is 0 Å². The molecule has 0 fully saturated rings. The first-order valence-corrected chi connectivity index (χ1v) is 7.22. The Balaban J connectivity index is 2.77. The lowest BCUT2D eigenvalue weighted by atomic mass is 10.1. The van der Waals surface area contributed by atoms with E-state index in [9.17, 15) is 5.11 Å². The zero-order valence-corrected chi connectivity index (χ0v) is 12.6. The van der Waals surface area contributed by atoms with Gasteiger partial charge in [-0.2, -0.15) is 0 Å². The minimum Gasteiger partial charge on any atom is -0.507 e. The van der Waals surface area contributed by atoms with Crippen LogP contribution >= 0.6 is 0 Å². The van der Waals surface area contributed by atoms with Crippen LogP contribution in [-0.2, 0) is 6.54 Å². The second kappa shape index (κ2) is 8.05. The van der Waals surface area contributed by atoms with Crippen LogP contribution in [0.2, 0.25) is 0 Å². The van der Waals surface area contributed by atoms with Crippen molar-refractivity contribution in [1.82, 2.24) is 4.90 Å². The Hall–Kier alpha value is -1.22. The molecule has 0 saturated carbocycles. The van der Waals surface area contributed by atoms with Gasteiger partial charge in [-0.1, -0.05) is 26.3 Å². The van der Waals surface area contributed by atoms with Gasteiger partial charge in [0.05, 0.1) is 7.11 Å². The molecule has 108 valence electrons. The fourth-order valence-electron chi connectivity index (χ4n) is 2.10. The Bertz CT molecular complexity index is 379. The molecule has 0 radical (unpaired) electrons. The van der Waals surface area contributed by atoms with Crippen LogP contribution in [0.5, 0.6) is 11.5 Å². The standard InChI is InChI=1S/C16H27NO2/c1-5-7-10-17(13(3)6-2)12-14-8-9-15(19-4)11-16(14)18/h8-9,11,13,18H,5-7,10,12H2,1-4H3. The van der Waals surface area contributed by atoms with Gasteiger partial charge in [0.1, 0.15) is 11.5 Å². The maximum Gasteiger partial charge on any atom is 0.123 e. The number of benzene rings is 1. The number of rotatable bonds is 8. The lowest BCUT2D eigenvalue weighted by Crippen LogP contribution is -2.33. The molecular weight excluding hydrogens is 238 g/mol. The van der Waals surface area contributed by atoms with Crippen molar-refractivity contribution in [3.63, 3.8) is 0 Å². The van der Waals surface area contributed by atoms with Crippen molar-refractivity contribution in [1.29, 1.82) is 0 Å². The predicted octanol–water partition coefficient (Wildman–Crippen LogP) is 3.80. The molecule has 0 aliphatic carbocycles. The van der Waals surface area contributed by atoms with Gasteiger partial charge in [0.15, 0.2) is 0 Å². The summed E-state index contributed by atoms with van der Waals surface area (Å²) < 4.78 is 5.11. The van der Waals surface area contributed by atoms with Crippen molar-refractivity contribution < 1.29 is 9.84 Å². The summed E-state index contributed by atoms with van der Waals surface area (Å²) in [4.78, 5) is 2.44. The molecular formula is C16H27NO2. The Labute approximate surface area is 117 Å². The van der Waals surface area contributed by atoms with Crippen molar-refractivity contribution in [2.75, 3.05) is 13.7 Å². The van der Waals surface area contributed by atoms with Crippen LogP contribution in [0.1, 0.15) is 45.6 Å². The van der Waals surface area contributed by atoms with Crippen LogP contribution in [-0.4, -0.2) is 29.7 Å². The zero-order valence-electron chi connectivity index (χ0n) is 12.6. The third kappa shape index (κ3) is 4.75. The van der Waals surface area contributed by atoms with Crippen LogP contribution in [0.4, 0.5) is 0 Å². The zero-order chi connectivity index (χ0) is 14.3. The van der Waals surface area contributed by atoms with Crippen LogP contribution in [0.15, 0.2) is 18.2 Å². The highest BCUT2D eigenvalue weighted by molar-refractivity contribution is 5.39. The maximum atomic E-state index is 10.0. The molecule has 3 nitrogen and oxygen atoms in total. The number of ether oxygens (including phenoxy) is 1. The molecule has 0 amide bonds. The summed E-state index contributed by atoms with van der Waals surface area (Å²) in [7, 11) is 1.61. The highest BCUT2D eigenvalue weighted by Crippen LogP contribution is 2.25. The SMILES string of the molecule is CCCCN(Cc1ccc(OC)cc1O)C(C)CC. The molecule has 3 heteroatoms. The van der Waals surface area contributed by atoms with Gasteiger partial charge in [-0.15, -0.1) is 0 Å². The maximum absolute atomic E-state index is 10.0. The molecule has 19 heavy (non-hydrogen) atoms. The molecule has 1 rings (SSSR count). The molecule has 1 aromatic carbocycles. The Morgan fingerprint density at radius 3 is 2.58 bits per heavy atom. The van der Waals surface area contributed by atoms with Gasteiger partial charge >= 0.3 is 0 Å². The first kappa shape index (κ1) is 15.8. The molecule has 0 aromatic heterocycles. The molecule has 0 saturated heterocycles. The first-order valence-electron chi connectivity index (χ1n) is 7.22. The summed E-state index contributed by atoms with van der Waals surface area (Å²) in [5.74, 6) is 1.02. The minimum atomic E-state index is 0.323. The van der Waals surface area contributed by atoms with Crippen LogP contribution < -0.4 is 4.74 Å². The van der Waals surface area contributed by atoms with E-state index in [1.54, 1.807) is 13.2 Å². The van der Waals surface area contributed by atoms with Gasteiger partial charge in [0.25, 0.3) is 0 Å². The number of unbranched alkanes of at least 4 members (excludes halogenated alkanes) is 1. The van der Waals surface area contributed by atoms with E-state index in [1.165, 1.54) is 12.8 Å². The number of aromatic hydroxyl groups is 1. The summed E-state index contributed by atoms with van der Waals surface area (Å²) in [6, 6.07) is 6.08. The second-order valence-corrected chi connectivity index (χ2v) is 5.08. The number of nitrogens with zero attached hydrogens (tertiary/aromatic N) is 1. The molecule has 0 heterocycles. The van der Waals surface area contributed by atoms with Crippen LogP contribution in [0.3, 0.4) is 0 Å². The molecule has 0 bridgehead atoms. The Morgan fingerprint density at radius 1 is 1.32 bits per heavy atom. The molecule has 0 spiro atoms. The average Bonchev–Trinajstić information content (AvgIpc) is 2.43. The van der Waals surface area contributed by atoms with E-state index in [0.29, 0.717) is 17.5 Å². The largest absolute Gasteiger partial charge is 0.507 e. The number of hydrogen-bond acceptors (Lipinski definition) is 3. The summed E-state index contributed by atoms with van der Waals surface area (Å²) >= 11 is 0. The van der Waals surface area contributed by atoms with Crippen molar-refractivity contribution >= 4 is 0 Å². The highest BCUT2D eigenvalue weighted by atomic mass is 16.5. The van der Waals surface area contributed by atoms with Crippen molar-refractivity contribution in [3.05, 3.63) is 23.8 Å². The lowest BCUT2D eigenvalue weighted by molar-refractivity contribution is 0.190. The Morgan fingerprint density at radius 2 is 2.05 bits per heavy atom. The molecule has 1 aromatic rings. The van der Waals surface area contributed by atoms with E-state index in [-0.39, 0.29) is 0 Å². The third-order valence-electron chi connectivity index (χ3n) is 3.68. The van der Waals surface area contributed by atoms with Crippen molar-refractivity contribution in [2.24, 2.45) is 0 Å². The normalized spacial score (nSPS) is 12.7. The predicted molar refractivity (Wildman–Crippen MR) is 79.7 cm³/mol. The number of methoxy groups -OCH3 is 1. The molecule has 0 aliphatic rings.